The Kier molecular flexibility index (Phi) is 1.81. The van der Waals surface area contributed by atoms with Crippen molar-refractivity contribution in [2.24, 2.45) is 0 Å². The van der Waals surface area contributed by atoms with Gasteiger partial charge in [-0.05, 0) is 19.1 Å². The first kappa shape index (κ1) is 7.91. The Labute approximate surface area is 74.5 Å². The van der Waals surface area contributed by atoms with Gasteiger partial charge in [0, 0.05) is 6.07 Å². The van der Waals surface area contributed by atoms with Crippen molar-refractivity contribution in [2.45, 2.75) is 6.92 Å². The molecule has 0 amide bonds. The minimum atomic E-state index is -0.191. The van der Waals surface area contributed by atoms with E-state index in [9.17, 15) is 4.79 Å². The molecule has 0 unspecified atom stereocenters. The number of rotatable bonds is 2. The number of hydrogen-bond acceptors (Lipinski definition) is 2. The summed E-state index contributed by atoms with van der Waals surface area (Å²) in [6.07, 6.45) is 0. The number of imidazole rings is 1. The first-order chi connectivity index (χ1) is 6.29. The lowest BCUT2D eigenvalue weighted by Gasteiger charge is -2.00. The average Bonchev–Trinajstić information content (AvgIpc) is 2.44. The molecular weight excluding hydrogens is 168 g/mol. The smallest absolute Gasteiger partial charge is 0.323 e. The molecule has 13 heavy (non-hydrogen) atoms. The monoisotopic (exact) mass is 178 g/mol. The SMILES string of the molecule is CCOc1ccc2[nH]c(=O)[nH]c2c1. The molecule has 0 aliphatic rings. The van der Waals surface area contributed by atoms with Crippen LogP contribution in [0.1, 0.15) is 6.92 Å². The number of H-pyrrole nitrogens is 2. The van der Waals surface area contributed by atoms with Crippen molar-refractivity contribution in [3.63, 3.8) is 0 Å². The summed E-state index contributed by atoms with van der Waals surface area (Å²) in [6, 6.07) is 5.45. The Morgan fingerprint density at radius 3 is 2.85 bits per heavy atom. The number of nitrogens with one attached hydrogen (secondary N) is 2. The zero-order valence-corrected chi connectivity index (χ0v) is 7.26. The zero-order chi connectivity index (χ0) is 9.26. The summed E-state index contributed by atoms with van der Waals surface area (Å²) in [6.45, 7) is 2.55. The maximum atomic E-state index is 10.9. The van der Waals surface area contributed by atoms with E-state index in [-0.39, 0.29) is 5.69 Å². The van der Waals surface area contributed by atoms with Gasteiger partial charge in [-0.1, -0.05) is 0 Å². The Morgan fingerprint density at radius 1 is 1.31 bits per heavy atom. The van der Waals surface area contributed by atoms with Crippen LogP contribution in [0, 0.1) is 0 Å². The van der Waals surface area contributed by atoms with Gasteiger partial charge in [0.05, 0.1) is 17.6 Å². The third-order valence-electron chi connectivity index (χ3n) is 1.80. The van der Waals surface area contributed by atoms with Crippen LogP contribution in [0.2, 0.25) is 0 Å². The molecule has 0 aliphatic carbocycles. The Balaban J connectivity index is 2.54. The first-order valence-electron chi connectivity index (χ1n) is 4.14. The standard InChI is InChI=1S/C9H10N2O2/c1-2-13-6-3-4-7-8(5-6)11-9(12)10-7/h3-5H,2H2,1H3,(H2,10,11,12). The highest BCUT2D eigenvalue weighted by Crippen LogP contribution is 2.16. The van der Waals surface area contributed by atoms with E-state index in [0.29, 0.717) is 6.61 Å². The number of benzene rings is 1. The van der Waals surface area contributed by atoms with Crippen molar-refractivity contribution < 1.29 is 4.74 Å². The van der Waals surface area contributed by atoms with Crippen LogP contribution in [0.15, 0.2) is 23.0 Å². The Bertz CT molecular complexity index is 470. The molecule has 1 heterocycles. The maximum Gasteiger partial charge on any atom is 0.323 e. The van der Waals surface area contributed by atoms with E-state index in [0.717, 1.165) is 16.8 Å². The molecule has 1 aromatic heterocycles. The second-order valence-electron chi connectivity index (χ2n) is 2.72. The minimum Gasteiger partial charge on any atom is -0.494 e. The predicted molar refractivity (Wildman–Crippen MR) is 50.1 cm³/mol. The highest BCUT2D eigenvalue weighted by atomic mass is 16.5. The third-order valence-corrected chi connectivity index (χ3v) is 1.80. The number of ether oxygens (including phenoxy) is 1. The van der Waals surface area contributed by atoms with Crippen molar-refractivity contribution in [3.8, 4) is 5.75 Å². The molecule has 0 bridgehead atoms. The molecule has 2 aromatic rings. The van der Waals surface area contributed by atoms with E-state index in [1.54, 1.807) is 6.07 Å². The summed E-state index contributed by atoms with van der Waals surface area (Å²) < 4.78 is 5.29. The lowest BCUT2D eigenvalue weighted by Crippen LogP contribution is -1.99. The van der Waals surface area contributed by atoms with Gasteiger partial charge in [-0.2, -0.15) is 0 Å². The van der Waals surface area contributed by atoms with Gasteiger partial charge >= 0.3 is 5.69 Å². The fourth-order valence-electron chi connectivity index (χ4n) is 1.27. The molecule has 0 atom stereocenters. The first-order valence-corrected chi connectivity index (χ1v) is 4.14. The van der Waals surface area contributed by atoms with Gasteiger partial charge in [0.2, 0.25) is 0 Å². The largest absolute Gasteiger partial charge is 0.494 e. The quantitative estimate of drug-likeness (QED) is 0.727. The summed E-state index contributed by atoms with van der Waals surface area (Å²) in [4.78, 5) is 16.2. The van der Waals surface area contributed by atoms with Crippen LogP contribution in [0.3, 0.4) is 0 Å². The van der Waals surface area contributed by atoms with Crippen LogP contribution in [-0.4, -0.2) is 16.6 Å². The second-order valence-corrected chi connectivity index (χ2v) is 2.72. The molecule has 0 aliphatic heterocycles. The van der Waals surface area contributed by atoms with Crippen LogP contribution in [0.4, 0.5) is 0 Å². The van der Waals surface area contributed by atoms with Crippen LogP contribution >= 0.6 is 0 Å². The molecule has 0 saturated carbocycles. The van der Waals surface area contributed by atoms with Crippen molar-refractivity contribution in [2.75, 3.05) is 6.61 Å². The van der Waals surface area contributed by atoms with Crippen molar-refractivity contribution in [1.82, 2.24) is 9.97 Å². The molecule has 68 valence electrons. The number of aromatic nitrogens is 2. The van der Waals surface area contributed by atoms with Crippen LogP contribution in [-0.2, 0) is 0 Å². The fraction of sp³-hybridized carbons (Fsp3) is 0.222. The summed E-state index contributed by atoms with van der Waals surface area (Å²) in [5, 5.41) is 0. The molecule has 4 heteroatoms. The van der Waals surface area contributed by atoms with E-state index in [1.165, 1.54) is 0 Å². The topological polar surface area (TPSA) is 57.9 Å². The van der Waals surface area contributed by atoms with Gasteiger partial charge in [0.1, 0.15) is 5.75 Å². The van der Waals surface area contributed by atoms with Crippen LogP contribution in [0.5, 0.6) is 5.75 Å². The normalized spacial score (nSPS) is 10.5. The maximum absolute atomic E-state index is 10.9. The Morgan fingerprint density at radius 2 is 2.08 bits per heavy atom. The van der Waals surface area contributed by atoms with Gasteiger partial charge < -0.3 is 14.7 Å². The highest BCUT2D eigenvalue weighted by molar-refractivity contribution is 5.75. The van der Waals surface area contributed by atoms with E-state index >= 15 is 0 Å². The molecule has 2 rings (SSSR count). The summed E-state index contributed by atoms with van der Waals surface area (Å²) >= 11 is 0. The van der Waals surface area contributed by atoms with Gasteiger partial charge in [0.25, 0.3) is 0 Å². The fourth-order valence-corrected chi connectivity index (χ4v) is 1.27. The Hall–Kier alpha value is -1.71. The molecular formula is C9H10N2O2. The van der Waals surface area contributed by atoms with E-state index in [4.69, 9.17) is 4.74 Å². The molecule has 1 aromatic carbocycles. The summed E-state index contributed by atoms with van der Waals surface area (Å²) in [7, 11) is 0. The lowest BCUT2D eigenvalue weighted by atomic mass is 10.3. The van der Waals surface area contributed by atoms with E-state index < -0.39 is 0 Å². The van der Waals surface area contributed by atoms with Gasteiger partial charge in [-0.25, -0.2) is 4.79 Å². The second kappa shape index (κ2) is 2.97. The highest BCUT2D eigenvalue weighted by Gasteiger charge is 1.99. The van der Waals surface area contributed by atoms with Crippen LogP contribution in [0.25, 0.3) is 11.0 Å². The van der Waals surface area contributed by atoms with Gasteiger partial charge in [-0.3, -0.25) is 0 Å². The summed E-state index contributed by atoms with van der Waals surface area (Å²) in [5.74, 6) is 0.769. The van der Waals surface area contributed by atoms with Crippen molar-refractivity contribution in [1.29, 1.82) is 0 Å². The molecule has 0 spiro atoms. The average molecular weight is 178 g/mol. The summed E-state index contributed by atoms with van der Waals surface area (Å²) in [5.41, 5.74) is 1.38. The third kappa shape index (κ3) is 1.42. The lowest BCUT2D eigenvalue weighted by molar-refractivity contribution is 0.340. The van der Waals surface area contributed by atoms with Crippen molar-refractivity contribution >= 4 is 11.0 Å². The molecule has 0 radical (unpaired) electrons. The molecule has 0 fully saturated rings. The molecule has 0 saturated heterocycles. The molecule has 4 nitrogen and oxygen atoms in total. The van der Waals surface area contributed by atoms with E-state index in [2.05, 4.69) is 9.97 Å². The van der Waals surface area contributed by atoms with E-state index in [1.807, 2.05) is 19.1 Å². The van der Waals surface area contributed by atoms with Gasteiger partial charge in [0.15, 0.2) is 0 Å². The minimum absolute atomic E-state index is 0.191. The zero-order valence-electron chi connectivity index (χ0n) is 7.26. The number of aromatic amines is 2. The van der Waals surface area contributed by atoms with Gasteiger partial charge in [-0.15, -0.1) is 0 Å². The number of hydrogen-bond donors (Lipinski definition) is 2. The van der Waals surface area contributed by atoms with Crippen LogP contribution < -0.4 is 10.4 Å². The molecule has 2 N–H and O–H groups in total. The van der Waals surface area contributed by atoms with Crippen molar-refractivity contribution in [3.05, 3.63) is 28.7 Å². The number of fused-ring (bicyclic) bond motifs is 1. The predicted octanol–water partition coefficient (Wildman–Crippen LogP) is 1.25.